The Kier molecular flexibility index (Phi) is 6.08. The number of benzene rings is 1. The summed E-state index contributed by atoms with van der Waals surface area (Å²) in [6.45, 7) is 8.92. The maximum atomic E-state index is 12.3. The molecule has 0 atom stereocenters. The van der Waals surface area contributed by atoms with Crippen molar-refractivity contribution in [1.82, 2.24) is 15.0 Å². The molecule has 0 unspecified atom stereocenters. The zero-order chi connectivity index (χ0) is 22.2. The molecule has 3 heterocycles. The first-order valence-electron chi connectivity index (χ1n) is 10.4. The first-order valence-corrected chi connectivity index (χ1v) is 11.6. The lowest BCUT2D eigenvalue weighted by Gasteiger charge is -2.32. The van der Waals surface area contributed by atoms with Gasteiger partial charge < -0.3 is 14.2 Å². The molecular weight excluding hydrogens is 434 g/mol. The number of ether oxygens (including phenoxy) is 1. The van der Waals surface area contributed by atoms with E-state index in [2.05, 4.69) is 10.5 Å². The van der Waals surface area contributed by atoms with Gasteiger partial charge in [-0.15, -0.1) is 11.3 Å². The van der Waals surface area contributed by atoms with Crippen molar-refractivity contribution in [2.24, 2.45) is 0 Å². The topological polar surface area (TPSA) is 68.5 Å². The van der Waals surface area contributed by atoms with E-state index in [-0.39, 0.29) is 6.09 Å². The lowest BCUT2D eigenvalue weighted by atomic mass is 9.97. The molecule has 2 aromatic heterocycles. The normalized spacial score (nSPS) is 15.3. The minimum absolute atomic E-state index is 0.238. The molecule has 164 valence electrons. The van der Waals surface area contributed by atoms with Crippen LogP contribution in [0.4, 0.5) is 4.79 Å². The molecular formula is C23H26ClN3O3S. The molecule has 1 saturated heterocycles. The summed E-state index contributed by atoms with van der Waals surface area (Å²) in [5.41, 5.74) is 3.02. The fourth-order valence-electron chi connectivity index (χ4n) is 3.70. The number of amides is 1. The fraction of sp³-hybridized carbons (Fsp3) is 0.435. The molecule has 0 aliphatic carbocycles. The number of carbonyl (C=O) groups is 1. The summed E-state index contributed by atoms with van der Waals surface area (Å²) >= 11 is 7.68. The number of hydrogen-bond donors (Lipinski definition) is 0. The van der Waals surface area contributed by atoms with Crippen LogP contribution >= 0.6 is 22.9 Å². The van der Waals surface area contributed by atoms with Crippen molar-refractivity contribution in [3.05, 3.63) is 45.4 Å². The average Bonchev–Trinajstić information content (AvgIpc) is 3.34. The molecule has 0 radical (unpaired) electrons. The van der Waals surface area contributed by atoms with E-state index >= 15 is 0 Å². The van der Waals surface area contributed by atoms with Crippen LogP contribution in [0.5, 0.6) is 0 Å². The zero-order valence-electron chi connectivity index (χ0n) is 18.1. The van der Waals surface area contributed by atoms with Gasteiger partial charge in [0.05, 0.1) is 16.3 Å². The van der Waals surface area contributed by atoms with E-state index in [1.807, 2.05) is 52.0 Å². The van der Waals surface area contributed by atoms with Crippen molar-refractivity contribution in [3.8, 4) is 22.5 Å². The molecule has 4 rings (SSSR count). The molecule has 1 aromatic carbocycles. The molecule has 31 heavy (non-hydrogen) atoms. The van der Waals surface area contributed by atoms with Gasteiger partial charge >= 0.3 is 6.09 Å². The molecule has 1 fully saturated rings. The second-order valence-electron chi connectivity index (χ2n) is 8.78. The lowest BCUT2D eigenvalue weighted by Crippen LogP contribution is -2.41. The molecule has 1 aliphatic rings. The molecule has 0 bridgehead atoms. The summed E-state index contributed by atoms with van der Waals surface area (Å²) in [5.74, 6) is 1.07. The summed E-state index contributed by atoms with van der Waals surface area (Å²) in [6, 6.07) is 7.55. The lowest BCUT2D eigenvalue weighted by molar-refractivity contribution is 0.0205. The molecule has 0 spiro atoms. The van der Waals surface area contributed by atoms with Gasteiger partial charge in [0, 0.05) is 35.0 Å². The summed E-state index contributed by atoms with van der Waals surface area (Å²) in [4.78, 5) is 19.0. The van der Waals surface area contributed by atoms with Crippen LogP contribution in [0, 0.1) is 6.92 Å². The largest absolute Gasteiger partial charge is 0.444 e. The molecule has 1 aliphatic heterocycles. The molecule has 8 heteroatoms. The van der Waals surface area contributed by atoms with E-state index in [0.717, 1.165) is 46.1 Å². The quantitative estimate of drug-likeness (QED) is 0.444. The number of rotatable bonds is 3. The Hall–Kier alpha value is -2.38. The van der Waals surface area contributed by atoms with Gasteiger partial charge in [0.2, 0.25) is 0 Å². The highest BCUT2D eigenvalue weighted by molar-refractivity contribution is 7.10. The van der Waals surface area contributed by atoms with E-state index in [9.17, 15) is 4.79 Å². The first-order chi connectivity index (χ1) is 14.7. The Morgan fingerprint density at radius 2 is 1.90 bits per heavy atom. The highest BCUT2D eigenvalue weighted by Gasteiger charge is 2.29. The Labute approximate surface area is 191 Å². The van der Waals surface area contributed by atoms with Gasteiger partial charge in [0.25, 0.3) is 0 Å². The minimum atomic E-state index is -0.476. The molecule has 1 amide bonds. The van der Waals surface area contributed by atoms with Crippen molar-refractivity contribution in [2.75, 3.05) is 13.1 Å². The predicted molar refractivity (Wildman–Crippen MR) is 123 cm³/mol. The van der Waals surface area contributed by atoms with Crippen molar-refractivity contribution in [2.45, 2.75) is 52.1 Å². The van der Waals surface area contributed by atoms with Crippen LogP contribution in [0.15, 0.2) is 34.2 Å². The average molecular weight is 460 g/mol. The second-order valence-corrected chi connectivity index (χ2v) is 10.1. The van der Waals surface area contributed by atoms with E-state index in [1.54, 1.807) is 16.2 Å². The number of hydrogen-bond acceptors (Lipinski definition) is 6. The minimum Gasteiger partial charge on any atom is -0.444 e. The number of nitrogens with zero attached hydrogens (tertiary/aromatic N) is 3. The first kappa shape index (κ1) is 21.8. The Morgan fingerprint density at radius 1 is 1.23 bits per heavy atom. The van der Waals surface area contributed by atoms with Gasteiger partial charge in [0.15, 0.2) is 0 Å². The number of likely N-dealkylation sites (tertiary alicyclic amines) is 1. The monoisotopic (exact) mass is 459 g/mol. The smallest absolute Gasteiger partial charge is 0.410 e. The van der Waals surface area contributed by atoms with Crippen molar-refractivity contribution in [1.29, 1.82) is 0 Å². The fourth-order valence-corrected chi connectivity index (χ4v) is 4.81. The van der Waals surface area contributed by atoms with Gasteiger partial charge in [-0.3, -0.25) is 0 Å². The van der Waals surface area contributed by atoms with Crippen LogP contribution in [-0.2, 0) is 4.74 Å². The van der Waals surface area contributed by atoms with Gasteiger partial charge in [0.1, 0.15) is 17.1 Å². The van der Waals surface area contributed by atoms with E-state index in [0.29, 0.717) is 24.0 Å². The molecule has 0 N–H and O–H groups in total. The van der Waals surface area contributed by atoms with Crippen molar-refractivity contribution in [3.63, 3.8) is 0 Å². The van der Waals surface area contributed by atoms with Gasteiger partial charge in [-0.25, -0.2) is 9.78 Å². The Morgan fingerprint density at radius 3 is 2.55 bits per heavy atom. The van der Waals surface area contributed by atoms with Gasteiger partial charge in [-0.05, 0) is 52.7 Å². The maximum Gasteiger partial charge on any atom is 0.410 e. The van der Waals surface area contributed by atoms with E-state index in [4.69, 9.17) is 25.8 Å². The third-order valence-corrected chi connectivity index (χ3v) is 6.51. The summed E-state index contributed by atoms with van der Waals surface area (Å²) < 4.78 is 11.0. The van der Waals surface area contributed by atoms with Crippen LogP contribution in [0.25, 0.3) is 22.5 Å². The summed E-state index contributed by atoms with van der Waals surface area (Å²) in [7, 11) is 0. The zero-order valence-corrected chi connectivity index (χ0v) is 19.7. The summed E-state index contributed by atoms with van der Waals surface area (Å²) in [6.07, 6.45) is 1.51. The highest BCUT2D eigenvalue weighted by atomic mass is 35.5. The number of aryl methyl sites for hydroxylation is 1. The Bertz CT molecular complexity index is 1060. The predicted octanol–water partition coefficient (Wildman–Crippen LogP) is 6.54. The van der Waals surface area contributed by atoms with Crippen molar-refractivity contribution < 1.29 is 14.1 Å². The standard InChI is InChI=1S/C23H26ClN3O3S/c1-14-19(20(26-30-14)15-5-7-17(24)8-6-15)18-13-31-21(25-18)16-9-11-27(12-10-16)22(28)29-23(2,3)4/h5-8,13,16H,9-12H2,1-4H3. The Balaban J connectivity index is 1.48. The maximum absolute atomic E-state index is 12.3. The number of aromatic nitrogens is 2. The van der Waals surface area contributed by atoms with Crippen LogP contribution in [0.3, 0.4) is 0 Å². The van der Waals surface area contributed by atoms with Crippen LogP contribution in [0.2, 0.25) is 5.02 Å². The van der Waals surface area contributed by atoms with Crippen LogP contribution in [0.1, 0.15) is 50.3 Å². The van der Waals surface area contributed by atoms with Crippen molar-refractivity contribution >= 4 is 29.0 Å². The number of halogens is 1. The van der Waals surface area contributed by atoms with E-state index in [1.165, 1.54) is 0 Å². The van der Waals surface area contributed by atoms with Gasteiger partial charge in [-0.2, -0.15) is 0 Å². The number of piperidine rings is 1. The van der Waals surface area contributed by atoms with Gasteiger partial charge in [-0.1, -0.05) is 28.9 Å². The van der Waals surface area contributed by atoms with Crippen LogP contribution in [-0.4, -0.2) is 39.8 Å². The third kappa shape index (κ3) is 4.93. The highest BCUT2D eigenvalue weighted by Crippen LogP contribution is 2.38. The SMILES string of the molecule is Cc1onc(-c2ccc(Cl)cc2)c1-c1csc(C2CCN(C(=O)OC(C)(C)C)CC2)n1. The summed E-state index contributed by atoms with van der Waals surface area (Å²) in [5, 5.41) is 8.09. The number of thiazole rings is 1. The third-order valence-electron chi connectivity index (χ3n) is 5.25. The van der Waals surface area contributed by atoms with E-state index < -0.39 is 5.60 Å². The number of carbonyl (C=O) groups excluding carboxylic acids is 1. The molecule has 0 saturated carbocycles. The molecule has 6 nitrogen and oxygen atoms in total. The molecule has 3 aromatic rings. The second kappa shape index (κ2) is 8.63. The van der Waals surface area contributed by atoms with Crippen LogP contribution < -0.4 is 0 Å².